The van der Waals surface area contributed by atoms with Gasteiger partial charge in [0.1, 0.15) is 12.4 Å². The van der Waals surface area contributed by atoms with Crippen molar-refractivity contribution in [3.05, 3.63) is 89.0 Å². The summed E-state index contributed by atoms with van der Waals surface area (Å²) in [5.74, 6) is 1.11. The molecule has 1 aromatic heterocycles. The van der Waals surface area contributed by atoms with Crippen LogP contribution >= 0.6 is 0 Å². The van der Waals surface area contributed by atoms with Crippen LogP contribution in [0.2, 0.25) is 0 Å². The van der Waals surface area contributed by atoms with E-state index in [2.05, 4.69) is 76.4 Å². The zero-order chi connectivity index (χ0) is 36.3. The van der Waals surface area contributed by atoms with Crippen LogP contribution in [-0.2, 0) is 29.1 Å². The van der Waals surface area contributed by atoms with Gasteiger partial charge >= 0.3 is 0 Å². The number of likely N-dealkylation sites (N-methyl/N-ethyl adjacent to an activating group) is 1. The molecule has 2 aliphatic carbocycles. The van der Waals surface area contributed by atoms with Crippen LogP contribution in [-0.4, -0.2) is 81.0 Å². The molecular weight excluding hydrogens is 671 g/mol. The smallest absolute Gasteiger partial charge is 0.264 e. The van der Waals surface area contributed by atoms with Crippen molar-refractivity contribution < 1.29 is 18.5 Å². The molecule has 4 aromatic rings. The standard InChI is InChI=1S/C42H51N5O4S/c1-27-23-46(24-28(2)45(27)5)41(49)42-22-36(42)35-21-32(51-25-29-12-8-6-9-13-29)17-19-33(35)39-38(30-14-10-7-11-15-30)34-18-16-31(20-37(34)47(39)26-42)40(48)43-52(50)44(3)4/h6,8-9,12-13,16-21,27-28,30,36H,7,10-11,14-15,22-26H2,1-5H3,(H,43,48)/t27-,28+,36?,42?,52?. The molecular formula is C42H51N5O4S. The van der Waals surface area contributed by atoms with Crippen LogP contribution in [0.3, 0.4) is 0 Å². The lowest BCUT2D eigenvalue weighted by atomic mass is 9.81. The molecule has 4 aliphatic rings. The van der Waals surface area contributed by atoms with Gasteiger partial charge in [0.05, 0.1) is 11.1 Å². The Labute approximate surface area is 310 Å². The van der Waals surface area contributed by atoms with E-state index in [4.69, 9.17) is 4.74 Å². The highest BCUT2D eigenvalue weighted by Gasteiger charge is 2.64. The van der Waals surface area contributed by atoms with Gasteiger partial charge in [-0.25, -0.2) is 8.51 Å². The predicted octanol–water partition coefficient (Wildman–Crippen LogP) is 6.84. The average Bonchev–Trinajstić information content (AvgIpc) is 3.82. The number of hydrogen-bond donors (Lipinski definition) is 1. The van der Waals surface area contributed by atoms with E-state index in [1.54, 1.807) is 14.1 Å². The Kier molecular flexibility index (Phi) is 9.28. The molecule has 9 nitrogen and oxygen atoms in total. The van der Waals surface area contributed by atoms with Crippen molar-refractivity contribution in [2.24, 2.45) is 5.41 Å². The molecule has 8 rings (SSSR count). The number of carbonyl (C=O) groups excluding carboxylic acids is 2. The third-order valence-electron chi connectivity index (χ3n) is 12.4. The molecule has 1 saturated heterocycles. The Morgan fingerprint density at radius 1 is 0.962 bits per heavy atom. The first-order chi connectivity index (χ1) is 25.1. The fraction of sp³-hybridized carbons (Fsp3) is 0.476. The summed E-state index contributed by atoms with van der Waals surface area (Å²) in [5, 5.41) is 1.14. The van der Waals surface area contributed by atoms with E-state index in [1.807, 2.05) is 30.3 Å². The van der Waals surface area contributed by atoms with Crippen LogP contribution in [0.1, 0.15) is 91.3 Å². The number of hydrogen-bond acceptors (Lipinski definition) is 5. The van der Waals surface area contributed by atoms with Gasteiger partial charge in [0.15, 0.2) is 11.2 Å². The van der Waals surface area contributed by atoms with Crippen LogP contribution in [0.25, 0.3) is 22.2 Å². The number of carbonyl (C=O) groups is 2. The highest BCUT2D eigenvalue weighted by Crippen LogP contribution is 2.66. The number of rotatable bonds is 8. The molecule has 3 fully saturated rings. The van der Waals surface area contributed by atoms with E-state index < -0.39 is 16.6 Å². The van der Waals surface area contributed by atoms with Crippen molar-refractivity contribution in [2.45, 2.75) is 89.4 Å². The van der Waals surface area contributed by atoms with Gasteiger partial charge in [-0.15, -0.1) is 0 Å². The third-order valence-corrected chi connectivity index (χ3v) is 13.4. The molecule has 5 atom stereocenters. The molecule has 10 heteroatoms. The van der Waals surface area contributed by atoms with Gasteiger partial charge in [-0.2, -0.15) is 0 Å². The number of nitrogens with zero attached hydrogens (tertiary/aromatic N) is 4. The number of fused-ring (bicyclic) bond motifs is 7. The fourth-order valence-electron chi connectivity index (χ4n) is 9.24. The summed E-state index contributed by atoms with van der Waals surface area (Å²) in [4.78, 5) is 33.0. The van der Waals surface area contributed by atoms with Crippen molar-refractivity contribution in [2.75, 3.05) is 34.2 Å². The number of piperazine rings is 1. The van der Waals surface area contributed by atoms with Gasteiger partial charge in [-0.3, -0.25) is 19.2 Å². The lowest BCUT2D eigenvalue weighted by molar-refractivity contribution is -0.141. The van der Waals surface area contributed by atoms with Crippen LogP contribution in [0.5, 0.6) is 5.75 Å². The summed E-state index contributed by atoms with van der Waals surface area (Å²) in [6.45, 7) is 6.86. The molecule has 3 unspecified atom stereocenters. The summed E-state index contributed by atoms with van der Waals surface area (Å²) < 4.78 is 25.5. The van der Waals surface area contributed by atoms with E-state index >= 15 is 4.79 Å². The molecule has 2 amide bonds. The van der Waals surface area contributed by atoms with E-state index in [9.17, 15) is 9.00 Å². The molecule has 0 spiro atoms. The van der Waals surface area contributed by atoms with Crippen molar-refractivity contribution in [1.29, 1.82) is 0 Å². The first-order valence-electron chi connectivity index (χ1n) is 18.9. The molecule has 1 N–H and O–H groups in total. The first-order valence-corrected chi connectivity index (χ1v) is 20.0. The quantitative estimate of drug-likeness (QED) is 0.215. The highest BCUT2D eigenvalue weighted by atomic mass is 32.2. The van der Waals surface area contributed by atoms with Crippen molar-refractivity contribution >= 4 is 33.9 Å². The SMILES string of the molecule is C[C@@H]1CN(C(=O)C23CC2c2cc(OCc4ccccc4)ccc2-c2c(C4CCCCC4)c4ccc(C(=O)NS(=O)N(C)C)cc4n2C3)C[C@H](C)N1C. The second kappa shape index (κ2) is 13.8. The number of amides is 2. The lowest BCUT2D eigenvalue weighted by Crippen LogP contribution is -2.58. The molecule has 0 radical (unpaired) electrons. The Balaban J connectivity index is 1.29. The van der Waals surface area contributed by atoms with Crippen LogP contribution in [0.15, 0.2) is 66.7 Å². The van der Waals surface area contributed by atoms with Gasteiger partial charge in [0.25, 0.3) is 5.91 Å². The number of nitrogens with one attached hydrogen (secondary N) is 1. The minimum Gasteiger partial charge on any atom is -0.489 e. The normalized spacial score (nSPS) is 25.2. The monoisotopic (exact) mass is 721 g/mol. The van der Waals surface area contributed by atoms with E-state index in [0.29, 0.717) is 37.7 Å². The second-order valence-electron chi connectivity index (χ2n) is 15.9. The Bertz CT molecular complexity index is 2030. The molecule has 3 heterocycles. The van der Waals surface area contributed by atoms with Gasteiger partial charge in [0, 0.05) is 73.8 Å². The molecule has 2 saturated carbocycles. The lowest BCUT2D eigenvalue weighted by Gasteiger charge is -2.43. The Hall–Kier alpha value is -3.99. The average molecular weight is 722 g/mol. The summed E-state index contributed by atoms with van der Waals surface area (Å²) in [6.07, 6.45) is 6.64. The minimum atomic E-state index is -1.65. The zero-order valence-corrected chi connectivity index (χ0v) is 31.9. The molecule has 0 bridgehead atoms. The van der Waals surface area contributed by atoms with Crippen molar-refractivity contribution in [3.63, 3.8) is 0 Å². The largest absolute Gasteiger partial charge is 0.489 e. The summed E-state index contributed by atoms with van der Waals surface area (Å²) in [6, 6.07) is 23.2. The number of ether oxygens (including phenoxy) is 1. The predicted molar refractivity (Wildman–Crippen MR) is 206 cm³/mol. The number of benzene rings is 3. The van der Waals surface area contributed by atoms with Gasteiger partial charge in [0.2, 0.25) is 5.91 Å². The molecule has 274 valence electrons. The van der Waals surface area contributed by atoms with Crippen molar-refractivity contribution in [1.82, 2.24) is 23.4 Å². The highest BCUT2D eigenvalue weighted by molar-refractivity contribution is 7.81. The summed E-state index contributed by atoms with van der Waals surface area (Å²) in [5.41, 5.74) is 6.81. The summed E-state index contributed by atoms with van der Waals surface area (Å²) in [7, 11) is 5.49. The second-order valence-corrected chi connectivity index (χ2v) is 17.4. The van der Waals surface area contributed by atoms with Gasteiger partial charge in [-0.1, -0.05) is 55.7 Å². The van der Waals surface area contributed by atoms with Crippen molar-refractivity contribution in [3.8, 4) is 17.0 Å². The van der Waals surface area contributed by atoms with Crippen LogP contribution < -0.4 is 9.46 Å². The Morgan fingerprint density at radius 3 is 2.40 bits per heavy atom. The summed E-state index contributed by atoms with van der Waals surface area (Å²) >= 11 is -1.65. The van der Waals surface area contributed by atoms with Crippen LogP contribution in [0.4, 0.5) is 0 Å². The van der Waals surface area contributed by atoms with Crippen LogP contribution in [0, 0.1) is 5.41 Å². The topological polar surface area (TPSA) is 87.1 Å². The molecule has 52 heavy (non-hydrogen) atoms. The van der Waals surface area contributed by atoms with E-state index in [-0.39, 0.29) is 29.8 Å². The number of aromatic nitrogens is 1. The maximum absolute atomic E-state index is 15.0. The maximum atomic E-state index is 15.0. The minimum absolute atomic E-state index is 0.0590. The Morgan fingerprint density at radius 2 is 1.69 bits per heavy atom. The maximum Gasteiger partial charge on any atom is 0.264 e. The zero-order valence-electron chi connectivity index (χ0n) is 31.1. The van der Waals surface area contributed by atoms with Gasteiger partial charge < -0.3 is 14.2 Å². The fourth-order valence-corrected chi connectivity index (χ4v) is 9.70. The van der Waals surface area contributed by atoms with E-state index in [1.165, 1.54) is 46.0 Å². The van der Waals surface area contributed by atoms with Gasteiger partial charge in [-0.05, 0) is 93.1 Å². The molecule has 2 aliphatic heterocycles. The first kappa shape index (κ1) is 35.1. The molecule has 3 aromatic carbocycles. The third kappa shape index (κ3) is 6.16. The van der Waals surface area contributed by atoms with E-state index in [0.717, 1.165) is 41.5 Å².